The largest absolute Gasteiger partial charge is 0.507 e. The number of esters is 1. The van der Waals surface area contributed by atoms with Crippen LogP contribution in [0.3, 0.4) is 0 Å². The van der Waals surface area contributed by atoms with E-state index in [1.54, 1.807) is 6.07 Å². The molecule has 0 spiro atoms. The molecule has 0 amide bonds. The van der Waals surface area contributed by atoms with Gasteiger partial charge in [-0.05, 0) is 24.3 Å². The summed E-state index contributed by atoms with van der Waals surface area (Å²) in [7, 11) is 4.16. The Morgan fingerprint density at radius 1 is 0.806 bits per heavy atom. The van der Waals surface area contributed by atoms with Crippen LogP contribution in [0.4, 0.5) is 0 Å². The van der Waals surface area contributed by atoms with Crippen molar-refractivity contribution in [3.8, 4) is 51.7 Å². The van der Waals surface area contributed by atoms with Gasteiger partial charge in [-0.25, -0.2) is 4.79 Å². The second-order valence-corrected chi connectivity index (χ2v) is 7.95. The number of benzene rings is 3. The minimum absolute atomic E-state index is 0.0170. The van der Waals surface area contributed by atoms with Crippen molar-refractivity contribution >= 4 is 5.97 Å². The molecule has 36 heavy (non-hydrogen) atoms. The van der Waals surface area contributed by atoms with E-state index in [0.717, 1.165) is 12.1 Å². The lowest BCUT2D eigenvalue weighted by molar-refractivity contribution is -0.0189. The molecule has 11 heteroatoms. The molecule has 1 aliphatic heterocycles. The Morgan fingerprint density at radius 3 is 1.97 bits per heavy atom. The van der Waals surface area contributed by atoms with Gasteiger partial charge in [-0.3, -0.25) is 0 Å². The van der Waals surface area contributed by atoms with Crippen LogP contribution in [-0.2, 0) is 11.2 Å². The van der Waals surface area contributed by atoms with Crippen LogP contribution in [0.5, 0.6) is 51.7 Å². The van der Waals surface area contributed by atoms with E-state index in [1.807, 2.05) is 0 Å². The van der Waals surface area contributed by atoms with Gasteiger partial charge in [0.05, 0.1) is 26.9 Å². The van der Waals surface area contributed by atoms with Crippen LogP contribution in [0.2, 0.25) is 0 Å². The first kappa shape index (κ1) is 24.5. The molecule has 190 valence electrons. The normalized spacial score (nSPS) is 16.4. The Kier molecular flexibility index (Phi) is 6.47. The molecule has 0 saturated heterocycles. The van der Waals surface area contributed by atoms with Crippen LogP contribution in [0, 0.1) is 0 Å². The zero-order valence-electron chi connectivity index (χ0n) is 19.5. The maximum absolute atomic E-state index is 12.9. The van der Waals surface area contributed by atoms with Crippen LogP contribution >= 0.6 is 0 Å². The van der Waals surface area contributed by atoms with Gasteiger partial charge in [0.2, 0.25) is 5.75 Å². The fourth-order valence-electron chi connectivity index (χ4n) is 3.95. The van der Waals surface area contributed by atoms with Crippen molar-refractivity contribution in [2.24, 2.45) is 0 Å². The van der Waals surface area contributed by atoms with E-state index < -0.39 is 35.4 Å². The van der Waals surface area contributed by atoms with Gasteiger partial charge in [0.25, 0.3) is 0 Å². The molecule has 0 fully saturated rings. The number of phenols is 5. The van der Waals surface area contributed by atoms with E-state index in [-0.39, 0.29) is 40.7 Å². The molecule has 2 atom stereocenters. The van der Waals surface area contributed by atoms with E-state index in [9.17, 15) is 30.3 Å². The molecule has 0 aromatic heterocycles. The highest BCUT2D eigenvalue weighted by molar-refractivity contribution is 5.91. The summed E-state index contributed by atoms with van der Waals surface area (Å²) in [5, 5.41) is 50.0. The summed E-state index contributed by atoms with van der Waals surface area (Å²) in [4.78, 5) is 12.9. The summed E-state index contributed by atoms with van der Waals surface area (Å²) < 4.78 is 27.5. The van der Waals surface area contributed by atoms with Crippen LogP contribution in [-0.4, -0.2) is 58.9 Å². The van der Waals surface area contributed by atoms with Gasteiger partial charge in [0.15, 0.2) is 34.9 Å². The molecule has 4 rings (SSSR count). The maximum Gasteiger partial charge on any atom is 0.338 e. The quantitative estimate of drug-likeness (QED) is 0.249. The average Bonchev–Trinajstić information content (AvgIpc) is 2.86. The topological polar surface area (TPSA) is 164 Å². The summed E-state index contributed by atoms with van der Waals surface area (Å²) in [6.07, 6.45) is -1.97. The molecule has 5 N–H and O–H groups in total. The SMILES string of the molecule is COc1cc(O)c2c(c1)OC(c1cc(OC)c(O)c(OC)c1)C(OC(=O)c1cc(O)c(O)c(O)c1)C2. The van der Waals surface area contributed by atoms with Gasteiger partial charge < -0.3 is 49.2 Å². The minimum Gasteiger partial charge on any atom is -0.507 e. The average molecular weight is 500 g/mol. The van der Waals surface area contributed by atoms with Crippen LogP contribution in [0.15, 0.2) is 36.4 Å². The van der Waals surface area contributed by atoms with Gasteiger partial charge >= 0.3 is 5.97 Å². The number of carbonyl (C=O) groups excluding carboxylic acids is 1. The summed E-state index contributed by atoms with van der Waals surface area (Å²) in [6.45, 7) is 0. The zero-order valence-corrected chi connectivity index (χ0v) is 19.5. The molecule has 11 nitrogen and oxygen atoms in total. The Balaban J connectivity index is 1.78. The first-order chi connectivity index (χ1) is 17.2. The highest BCUT2D eigenvalue weighted by atomic mass is 16.6. The number of carbonyl (C=O) groups is 1. The van der Waals surface area contributed by atoms with Crippen LogP contribution < -0.4 is 18.9 Å². The minimum atomic E-state index is -1.03. The molecule has 3 aromatic rings. The molecule has 3 aromatic carbocycles. The number of hydrogen-bond acceptors (Lipinski definition) is 11. The highest BCUT2D eigenvalue weighted by Gasteiger charge is 2.37. The number of ether oxygens (including phenoxy) is 5. The summed E-state index contributed by atoms with van der Waals surface area (Å²) in [5.41, 5.74) is 0.551. The fraction of sp³-hybridized carbons (Fsp3) is 0.240. The van der Waals surface area contributed by atoms with E-state index >= 15 is 0 Å². The predicted molar refractivity (Wildman–Crippen MR) is 124 cm³/mol. The molecule has 1 aliphatic rings. The van der Waals surface area contributed by atoms with E-state index in [1.165, 1.54) is 39.5 Å². The fourth-order valence-corrected chi connectivity index (χ4v) is 3.95. The van der Waals surface area contributed by atoms with Crippen molar-refractivity contribution in [1.82, 2.24) is 0 Å². The lowest BCUT2D eigenvalue weighted by Gasteiger charge is -2.34. The third-order valence-corrected chi connectivity index (χ3v) is 5.79. The second kappa shape index (κ2) is 9.53. The zero-order chi connectivity index (χ0) is 26.1. The Morgan fingerprint density at radius 2 is 1.42 bits per heavy atom. The van der Waals surface area contributed by atoms with Crippen molar-refractivity contribution in [1.29, 1.82) is 0 Å². The van der Waals surface area contributed by atoms with E-state index in [2.05, 4.69) is 0 Å². The Labute approximate surface area is 205 Å². The van der Waals surface area contributed by atoms with Gasteiger partial charge in [-0.1, -0.05) is 0 Å². The Bertz CT molecular complexity index is 1270. The van der Waals surface area contributed by atoms with E-state index in [4.69, 9.17) is 23.7 Å². The third kappa shape index (κ3) is 4.38. The molecular weight excluding hydrogens is 476 g/mol. The molecule has 2 unspecified atom stereocenters. The number of methoxy groups -OCH3 is 3. The van der Waals surface area contributed by atoms with Crippen molar-refractivity contribution in [2.45, 2.75) is 18.6 Å². The lowest BCUT2D eigenvalue weighted by Crippen LogP contribution is -2.35. The molecule has 1 heterocycles. The molecule has 0 aliphatic carbocycles. The van der Waals surface area contributed by atoms with Gasteiger partial charge in [-0.2, -0.15) is 0 Å². The van der Waals surface area contributed by atoms with Crippen molar-refractivity contribution in [2.75, 3.05) is 21.3 Å². The number of rotatable bonds is 6. The van der Waals surface area contributed by atoms with Crippen molar-refractivity contribution < 1.29 is 54.0 Å². The van der Waals surface area contributed by atoms with Gasteiger partial charge in [0.1, 0.15) is 23.4 Å². The number of aromatic hydroxyl groups is 5. The van der Waals surface area contributed by atoms with Crippen molar-refractivity contribution in [3.05, 3.63) is 53.1 Å². The van der Waals surface area contributed by atoms with Crippen LogP contribution in [0.1, 0.15) is 27.6 Å². The molecular formula is C25H24O11. The lowest BCUT2D eigenvalue weighted by atomic mass is 9.93. The first-order valence-corrected chi connectivity index (χ1v) is 10.6. The molecule has 0 radical (unpaired) electrons. The summed E-state index contributed by atoms with van der Waals surface area (Å²) in [5.74, 6) is -2.69. The van der Waals surface area contributed by atoms with E-state index in [0.29, 0.717) is 16.9 Å². The molecule has 0 saturated carbocycles. The monoisotopic (exact) mass is 500 g/mol. The van der Waals surface area contributed by atoms with Crippen molar-refractivity contribution in [3.63, 3.8) is 0 Å². The first-order valence-electron chi connectivity index (χ1n) is 10.6. The molecule has 0 bridgehead atoms. The van der Waals surface area contributed by atoms with Gasteiger partial charge in [-0.15, -0.1) is 0 Å². The summed E-state index contributed by atoms with van der Waals surface area (Å²) in [6, 6.07) is 7.84. The number of phenolic OH excluding ortho intramolecular Hbond substituents is 5. The summed E-state index contributed by atoms with van der Waals surface area (Å²) >= 11 is 0. The predicted octanol–water partition coefficient (Wildman–Crippen LogP) is 3.14. The number of fused-ring (bicyclic) bond motifs is 1. The van der Waals surface area contributed by atoms with Crippen LogP contribution in [0.25, 0.3) is 0 Å². The maximum atomic E-state index is 12.9. The number of hydrogen-bond donors (Lipinski definition) is 5. The van der Waals surface area contributed by atoms with Gasteiger partial charge in [0, 0.05) is 29.7 Å². The second-order valence-electron chi connectivity index (χ2n) is 7.95. The highest BCUT2D eigenvalue weighted by Crippen LogP contribution is 2.46. The third-order valence-electron chi connectivity index (χ3n) is 5.79. The Hall–Kier alpha value is -4.67. The standard InChI is InChI=1S/C25H24O11/c1-32-13-8-15(26)14-10-21(36-25(31)12-4-16(27)22(29)17(28)5-12)24(35-18(14)9-13)11-6-19(33-2)23(30)20(7-11)34-3/h4-9,21,24,26-30H,10H2,1-3H3. The smallest absolute Gasteiger partial charge is 0.338 e.